The van der Waals surface area contributed by atoms with Crippen LogP contribution in [0.2, 0.25) is 0 Å². The Hall–Kier alpha value is -0.0500. The minimum Gasteiger partial charge on any atom is -0.297 e. The van der Waals surface area contributed by atoms with E-state index >= 15 is 0 Å². The van der Waals surface area contributed by atoms with E-state index in [9.17, 15) is 0 Å². The maximum absolute atomic E-state index is 5.74. The van der Waals surface area contributed by atoms with Crippen LogP contribution in [0.15, 0.2) is 12.1 Å². The molecular weight excluding hydrogens is 214 g/mol. The van der Waals surface area contributed by atoms with Crippen LogP contribution in [0.4, 0.5) is 0 Å². The molecule has 0 saturated heterocycles. The topological polar surface area (TPSA) is 3.24 Å². The molecule has 0 unspecified atom stereocenters. The molecule has 0 N–H and O–H groups in total. The molecule has 1 heterocycles. The average molecular weight is 232 g/mol. The standard InChI is InChI=1S/C11H18ClNS/c1-3-10-5-6-11(14-10)9-13(4-2)8-7-12/h5-6H,3-4,7-9H2,1-2H3. The molecule has 0 atom stereocenters. The van der Waals surface area contributed by atoms with E-state index in [1.807, 2.05) is 11.3 Å². The van der Waals surface area contributed by atoms with Gasteiger partial charge < -0.3 is 0 Å². The lowest BCUT2D eigenvalue weighted by Crippen LogP contribution is -2.24. The zero-order chi connectivity index (χ0) is 10.4. The molecule has 0 fully saturated rings. The molecule has 3 heteroatoms. The number of aryl methyl sites for hydroxylation is 1. The van der Waals surface area contributed by atoms with Crippen molar-refractivity contribution >= 4 is 22.9 Å². The summed E-state index contributed by atoms with van der Waals surface area (Å²) in [7, 11) is 0. The summed E-state index contributed by atoms with van der Waals surface area (Å²) in [6.07, 6.45) is 1.15. The third-order valence-corrected chi connectivity index (χ3v) is 3.68. The predicted molar refractivity (Wildman–Crippen MR) is 65.4 cm³/mol. The van der Waals surface area contributed by atoms with E-state index in [2.05, 4.69) is 30.9 Å². The number of thiophene rings is 1. The third kappa shape index (κ3) is 3.60. The molecule has 1 nitrogen and oxygen atoms in total. The molecule has 0 bridgehead atoms. The molecule has 0 amide bonds. The molecule has 0 aliphatic rings. The number of rotatable bonds is 6. The van der Waals surface area contributed by atoms with Crippen LogP contribution in [0, 0.1) is 0 Å². The van der Waals surface area contributed by atoms with Gasteiger partial charge in [0.15, 0.2) is 0 Å². The molecule has 14 heavy (non-hydrogen) atoms. The summed E-state index contributed by atoms with van der Waals surface area (Å²) in [4.78, 5) is 5.30. The van der Waals surface area contributed by atoms with Crippen LogP contribution >= 0.6 is 22.9 Å². The fourth-order valence-corrected chi connectivity index (χ4v) is 2.63. The molecule has 0 aliphatic heterocycles. The zero-order valence-corrected chi connectivity index (χ0v) is 10.5. The quantitative estimate of drug-likeness (QED) is 0.679. The Labute approximate surface area is 95.7 Å². The molecule has 0 radical (unpaired) electrons. The fourth-order valence-electron chi connectivity index (χ4n) is 1.39. The van der Waals surface area contributed by atoms with E-state index in [-0.39, 0.29) is 0 Å². The van der Waals surface area contributed by atoms with Crippen LogP contribution in [0.3, 0.4) is 0 Å². The predicted octanol–water partition coefficient (Wildman–Crippen LogP) is 3.37. The summed E-state index contributed by atoms with van der Waals surface area (Å²) in [6.45, 7) is 7.49. The fraction of sp³-hybridized carbons (Fsp3) is 0.636. The number of alkyl halides is 1. The summed E-state index contributed by atoms with van der Waals surface area (Å²) in [5.41, 5.74) is 0. The average Bonchev–Trinajstić information content (AvgIpc) is 2.65. The van der Waals surface area contributed by atoms with Gasteiger partial charge in [-0.05, 0) is 25.1 Å². The highest BCUT2D eigenvalue weighted by Gasteiger charge is 2.04. The number of hydrogen-bond acceptors (Lipinski definition) is 2. The molecule has 0 saturated carbocycles. The van der Waals surface area contributed by atoms with E-state index in [1.165, 1.54) is 9.75 Å². The van der Waals surface area contributed by atoms with Gasteiger partial charge in [-0.25, -0.2) is 0 Å². The first kappa shape index (κ1) is 12.0. The smallest absolute Gasteiger partial charge is 0.0351 e. The van der Waals surface area contributed by atoms with Gasteiger partial charge in [-0.1, -0.05) is 13.8 Å². The highest BCUT2D eigenvalue weighted by atomic mass is 35.5. The molecule has 1 rings (SSSR count). The molecule has 0 spiro atoms. The van der Waals surface area contributed by atoms with Gasteiger partial charge >= 0.3 is 0 Å². The van der Waals surface area contributed by atoms with E-state index < -0.39 is 0 Å². The zero-order valence-electron chi connectivity index (χ0n) is 8.92. The van der Waals surface area contributed by atoms with Crippen LogP contribution in [0.5, 0.6) is 0 Å². The lowest BCUT2D eigenvalue weighted by atomic mass is 10.3. The first-order valence-electron chi connectivity index (χ1n) is 5.16. The Morgan fingerprint density at radius 3 is 2.50 bits per heavy atom. The van der Waals surface area contributed by atoms with E-state index in [0.29, 0.717) is 0 Å². The van der Waals surface area contributed by atoms with Gasteiger partial charge in [-0.2, -0.15) is 0 Å². The van der Waals surface area contributed by atoms with Gasteiger partial charge in [0.25, 0.3) is 0 Å². The van der Waals surface area contributed by atoms with Crippen LogP contribution in [-0.4, -0.2) is 23.9 Å². The van der Waals surface area contributed by atoms with Gasteiger partial charge in [0.1, 0.15) is 0 Å². The largest absolute Gasteiger partial charge is 0.297 e. The Morgan fingerprint density at radius 1 is 1.29 bits per heavy atom. The Balaban J connectivity index is 2.48. The SMILES string of the molecule is CCc1ccc(CN(CC)CCCl)s1. The van der Waals surface area contributed by atoms with Crippen molar-refractivity contribution in [2.75, 3.05) is 19.0 Å². The van der Waals surface area contributed by atoms with Crippen molar-refractivity contribution in [3.63, 3.8) is 0 Å². The van der Waals surface area contributed by atoms with Gasteiger partial charge in [0, 0.05) is 28.7 Å². The summed E-state index contributed by atoms with van der Waals surface area (Å²) in [5.74, 6) is 0.722. The van der Waals surface area contributed by atoms with Crippen molar-refractivity contribution in [2.24, 2.45) is 0 Å². The summed E-state index contributed by atoms with van der Waals surface area (Å²) in [5, 5.41) is 0. The van der Waals surface area contributed by atoms with Crippen LogP contribution in [-0.2, 0) is 13.0 Å². The van der Waals surface area contributed by atoms with Gasteiger partial charge in [-0.3, -0.25) is 4.90 Å². The molecule has 1 aromatic heterocycles. The van der Waals surface area contributed by atoms with Crippen molar-refractivity contribution in [1.29, 1.82) is 0 Å². The van der Waals surface area contributed by atoms with Crippen molar-refractivity contribution in [2.45, 2.75) is 26.8 Å². The highest BCUT2D eigenvalue weighted by Crippen LogP contribution is 2.18. The Morgan fingerprint density at radius 2 is 2.00 bits per heavy atom. The van der Waals surface area contributed by atoms with Gasteiger partial charge in [-0.15, -0.1) is 22.9 Å². The van der Waals surface area contributed by atoms with Gasteiger partial charge in [0.05, 0.1) is 0 Å². The summed E-state index contributed by atoms with van der Waals surface area (Å²) in [6, 6.07) is 4.47. The molecule has 0 aromatic carbocycles. The summed E-state index contributed by atoms with van der Waals surface area (Å²) >= 11 is 7.65. The first-order valence-corrected chi connectivity index (χ1v) is 6.51. The lowest BCUT2D eigenvalue weighted by molar-refractivity contribution is 0.300. The van der Waals surface area contributed by atoms with E-state index in [1.54, 1.807) is 0 Å². The van der Waals surface area contributed by atoms with Crippen molar-refractivity contribution in [3.05, 3.63) is 21.9 Å². The van der Waals surface area contributed by atoms with Crippen LogP contribution in [0.25, 0.3) is 0 Å². The molecule has 80 valence electrons. The monoisotopic (exact) mass is 231 g/mol. The minimum absolute atomic E-state index is 0.722. The normalized spacial score (nSPS) is 11.1. The lowest BCUT2D eigenvalue weighted by Gasteiger charge is -2.17. The highest BCUT2D eigenvalue weighted by molar-refractivity contribution is 7.11. The third-order valence-electron chi connectivity index (χ3n) is 2.29. The molecule has 0 aliphatic carbocycles. The van der Waals surface area contributed by atoms with Crippen molar-refractivity contribution < 1.29 is 0 Å². The number of nitrogens with zero attached hydrogens (tertiary/aromatic N) is 1. The van der Waals surface area contributed by atoms with Crippen LogP contribution in [0.1, 0.15) is 23.6 Å². The molecule has 1 aromatic rings. The first-order chi connectivity index (χ1) is 6.80. The summed E-state index contributed by atoms with van der Waals surface area (Å²) < 4.78 is 0. The van der Waals surface area contributed by atoms with E-state index in [0.717, 1.165) is 31.9 Å². The van der Waals surface area contributed by atoms with Gasteiger partial charge in [0.2, 0.25) is 0 Å². The van der Waals surface area contributed by atoms with E-state index in [4.69, 9.17) is 11.6 Å². The Bertz CT molecular complexity index is 260. The number of halogens is 1. The second-order valence-electron chi connectivity index (χ2n) is 3.28. The second kappa shape index (κ2) is 6.44. The maximum Gasteiger partial charge on any atom is 0.0351 e. The maximum atomic E-state index is 5.74. The van der Waals surface area contributed by atoms with Crippen molar-refractivity contribution in [3.8, 4) is 0 Å². The Kier molecular flexibility index (Phi) is 5.53. The molecular formula is C11H18ClNS. The number of hydrogen-bond donors (Lipinski definition) is 0. The second-order valence-corrected chi connectivity index (χ2v) is 4.91. The minimum atomic E-state index is 0.722. The van der Waals surface area contributed by atoms with Crippen LogP contribution < -0.4 is 0 Å². The van der Waals surface area contributed by atoms with Crippen molar-refractivity contribution in [1.82, 2.24) is 4.90 Å².